The van der Waals surface area contributed by atoms with E-state index in [4.69, 9.17) is 11.5 Å². The first kappa shape index (κ1) is 9.59. The number of aliphatic carboxylic acids is 1. The first-order valence-corrected chi connectivity index (χ1v) is 4.10. The van der Waals surface area contributed by atoms with Crippen molar-refractivity contribution in [3.8, 4) is 12.3 Å². The van der Waals surface area contributed by atoms with Crippen molar-refractivity contribution in [2.24, 2.45) is 0 Å². The van der Waals surface area contributed by atoms with Gasteiger partial charge in [0.05, 0.1) is 13.0 Å². The Kier molecular flexibility index (Phi) is 2.91. The highest BCUT2D eigenvalue weighted by Crippen LogP contribution is 2.20. The zero-order chi connectivity index (χ0) is 9.84. The average Bonchev–Trinajstić information content (AvgIpc) is 2.35. The predicted octanol–water partition coefficient (Wildman–Crippen LogP) is 0.0853. The van der Waals surface area contributed by atoms with Crippen LogP contribution in [0.1, 0.15) is 19.3 Å². The van der Waals surface area contributed by atoms with Crippen molar-refractivity contribution in [1.82, 2.24) is 4.90 Å². The Balaban J connectivity index is 2.59. The number of nitrogens with zero attached hydrogens (tertiary/aromatic N) is 1. The molecule has 4 nitrogen and oxygen atoms in total. The highest BCUT2D eigenvalue weighted by Gasteiger charge is 2.31. The molecule has 1 amide bonds. The van der Waals surface area contributed by atoms with Crippen LogP contribution in [-0.4, -0.2) is 34.5 Å². The molecule has 0 aromatic rings. The van der Waals surface area contributed by atoms with E-state index in [1.807, 2.05) is 0 Å². The Bertz CT molecular complexity index is 267. The van der Waals surface area contributed by atoms with Gasteiger partial charge < -0.3 is 10.0 Å². The largest absolute Gasteiger partial charge is 0.481 e. The summed E-state index contributed by atoms with van der Waals surface area (Å²) in [6.07, 6.45) is 6.09. The molecule has 0 aromatic carbocycles. The van der Waals surface area contributed by atoms with Crippen LogP contribution in [0, 0.1) is 12.3 Å². The normalized spacial score (nSPS) is 21.6. The topological polar surface area (TPSA) is 57.6 Å². The summed E-state index contributed by atoms with van der Waals surface area (Å²) in [4.78, 5) is 23.1. The summed E-state index contributed by atoms with van der Waals surface area (Å²) in [5, 5.41) is 8.56. The third kappa shape index (κ3) is 2.22. The summed E-state index contributed by atoms with van der Waals surface area (Å²) in [5.74, 6) is 1.43. The third-order valence-electron chi connectivity index (χ3n) is 2.12. The van der Waals surface area contributed by atoms with E-state index in [0.717, 1.165) is 0 Å². The van der Waals surface area contributed by atoms with Crippen molar-refractivity contribution >= 4 is 11.9 Å². The van der Waals surface area contributed by atoms with Gasteiger partial charge in [-0.15, -0.1) is 6.42 Å². The van der Waals surface area contributed by atoms with Gasteiger partial charge in [-0.2, -0.15) is 0 Å². The standard InChI is InChI=1S/C9H11NO3/c1-2-5-10-7(6-9(12)13)3-4-8(10)11/h1,7H,3-6H2,(H,12,13)/t7-/m0/s1. The Morgan fingerprint density at radius 3 is 3.00 bits per heavy atom. The van der Waals surface area contributed by atoms with E-state index in [1.54, 1.807) is 0 Å². The van der Waals surface area contributed by atoms with Gasteiger partial charge in [0.1, 0.15) is 0 Å². The molecule has 0 aromatic heterocycles. The van der Waals surface area contributed by atoms with Crippen molar-refractivity contribution in [2.45, 2.75) is 25.3 Å². The second-order valence-electron chi connectivity index (χ2n) is 3.02. The maximum absolute atomic E-state index is 11.2. The molecule has 1 heterocycles. The maximum Gasteiger partial charge on any atom is 0.305 e. The number of carboxylic acid groups (broad SMARTS) is 1. The molecule has 1 rings (SSSR count). The lowest BCUT2D eigenvalue weighted by molar-refractivity contribution is -0.138. The van der Waals surface area contributed by atoms with Crippen molar-refractivity contribution in [3.05, 3.63) is 0 Å². The second kappa shape index (κ2) is 3.94. The number of carbonyl (C=O) groups is 2. The Morgan fingerprint density at radius 2 is 2.46 bits per heavy atom. The van der Waals surface area contributed by atoms with E-state index >= 15 is 0 Å². The second-order valence-corrected chi connectivity index (χ2v) is 3.02. The highest BCUT2D eigenvalue weighted by atomic mass is 16.4. The van der Waals surface area contributed by atoms with Crippen LogP contribution in [0.4, 0.5) is 0 Å². The fourth-order valence-corrected chi connectivity index (χ4v) is 1.52. The lowest BCUT2D eigenvalue weighted by Crippen LogP contribution is -2.34. The van der Waals surface area contributed by atoms with Crippen LogP contribution < -0.4 is 0 Å². The predicted molar refractivity (Wildman–Crippen MR) is 45.8 cm³/mol. The molecule has 0 bridgehead atoms. The molecule has 0 radical (unpaired) electrons. The molecule has 1 saturated heterocycles. The number of terminal acetylenes is 1. The lowest BCUT2D eigenvalue weighted by atomic mass is 10.1. The SMILES string of the molecule is C#CCN1C(=O)CC[C@H]1CC(=O)O. The quantitative estimate of drug-likeness (QED) is 0.627. The first-order valence-electron chi connectivity index (χ1n) is 4.10. The monoisotopic (exact) mass is 181 g/mol. The molecule has 70 valence electrons. The van der Waals surface area contributed by atoms with E-state index in [9.17, 15) is 9.59 Å². The number of hydrogen-bond donors (Lipinski definition) is 1. The minimum absolute atomic E-state index is 0.00653. The highest BCUT2D eigenvalue weighted by molar-refractivity contribution is 5.80. The van der Waals surface area contributed by atoms with Crippen molar-refractivity contribution in [3.63, 3.8) is 0 Å². The Hall–Kier alpha value is -1.50. The van der Waals surface area contributed by atoms with Crippen molar-refractivity contribution in [2.75, 3.05) is 6.54 Å². The van der Waals surface area contributed by atoms with Gasteiger partial charge in [-0.1, -0.05) is 5.92 Å². The van der Waals surface area contributed by atoms with Gasteiger partial charge in [0.25, 0.3) is 0 Å². The van der Waals surface area contributed by atoms with Crippen LogP contribution in [0.3, 0.4) is 0 Å². The number of amides is 1. The van der Waals surface area contributed by atoms with Gasteiger partial charge in [0, 0.05) is 12.5 Å². The number of carbonyl (C=O) groups excluding carboxylic acids is 1. The molecule has 0 saturated carbocycles. The lowest BCUT2D eigenvalue weighted by Gasteiger charge is -2.20. The van der Waals surface area contributed by atoms with E-state index in [0.29, 0.717) is 12.8 Å². The minimum atomic E-state index is -0.887. The maximum atomic E-state index is 11.2. The van der Waals surface area contributed by atoms with Crippen LogP contribution in [-0.2, 0) is 9.59 Å². The summed E-state index contributed by atoms with van der Waals surface area (Å²) < 4.78 is 0. The molecule has 1 aliphatic rings. The number of hydrogen-bond acceptors (Lipinski definition) is 2. The van der Waals surface area contributed by atoms with Gasteiger partial charge in [0.2, 0.25) is 5.91 Å². The summed E-state index contributed by atoms with van der Waals surface area (Å²) in [5.41, 5.74) is 0. The molecular weight excluding hydrogens is 170 g/mol. The molecule has 1 N–H and O–H groups in total. The molecule has 13 heavy (non-hydrogen) atoms. The van der Waals surface area contributed by atoms with E-state index in [-0.39, 0.29) is 24.9 Å². The average molecular weight is 181 g/mol. The van der Waals surface area contributed by atoms with Gasteiger partial charge in [-0.25, -0.2) is 0 Å². The van der Waals surface area contributed by atoms with Crippen LogP contribution in [0.5, 0.6) is 0 Å². The van der Waals surface area contributed by atoms with Gasteiger partial charge in [-0.3, -0.25) is 9.59 Å². The first-order chi connectivity index (χ1) is 6.15. The van der Waals surface area contributed by atoms with E-state index in [2.05, 4.69) is 5.92 Å². The summed E-state index contributed by atoms with van der Waals surface area (Å²) in [7, 11) is 0. The molecule has 0 unspecified atom stereocenters. The smallest absolute Gasteiger partial charge is 0.305 e. The van der Waals surface area contributed by atoms with E-state index in [1.165, 1.54) is 4.90 Å². The molecule has 0 spiro atoms. The van der Waals surface area contributed by atoms with Crippen LogP contribution in [0.2, 0.25) is 0 Å². The number of carboxylic acids is 1. The van der Waals surface area contributed by atoms with Gasteiger partial charge in [0.15, 0.2) is 0 Å². The molecule has 1 fully saturated rings. The third-order valence-corrected chi connectivity index (χ3v) is 2.12. The van der Waals surface area contributed by atoms with Gasteiger partial charge in [-0.05, 0) is 6.42 Å². The molecular formula is C9H11NO3. The summed E-state index contributed by atoms with van der Waals surface area (Å²) in [6, 6.07) is -0.207. The fraction of sp³-hybridized carbons (Fsp3) is 0.556. The Morgan fingerprint density at radius 1 is 1.77 bits per heavy atom. The Labute approximate surface area is 76.5 Å². The van der Waals surface area contributed by atoms with E-state index < -0.39 is 5.97 Å². The molecule has 1 aliphatic heterocycles. The summed E-state index contributed by atoms with van der Waals surface area (Å²) in [6.45, 7) is 0.219. The molecule has 1 atom stereocenters. The van der Waals surface area contributed by atoms with Crippen molar-refractivity contribution in [1.29, 1.82) is 0 Å². The van der Waals surface area contributed by atoms with Crippen LogP contribution in [0.25, 0.3) is 0 Å². The zero-order valence-corrected chi connectivity index (χ0v) is 7.19. The number of likely N-dealkylation sites (tertiary alicyclic amines) is 1. The minimum Gasteiger partial charge on any atom is -0.481 e. The fourth-order valence-electron chi connectivity index (χ4n) is 1.52. The number of rotatable bonds is 3. The molecule has 4 heteroatoms. The van der Waals surface area contributed by atoms with Crippen molar-refractivity contribution < 1.29 is 14.7 Å². The summed E-state index contributed by atoms with van der Waals surface area (Å²) >= 11 is 0. The molecule has 0 aliphatic carbocycles. The van der Waals surface area contributed by atoms with Crippen LogP contribution >= 0.6 is 0 Å². The van der Waals surface area contributed by atoms with Crippen LogP contribution in [0.15, 0.2) is 0 Å². The zero-order valence-electron chi connectivity index (χ0n) is 7.19. The van der Waals surface area contributed by atoms with Gasteiger partial charge >= 0.3 is 5.97 Å².